The summed E-state index contributed by atoms with van der Waals surface area (Å²) in [7, 11) is 0. The number of amides is 1. The van der Waals surface area contributed by atoms with Gasteiger partial charge in [-0.2, -0.15) is 0 Å². The molecule has 0 saturated heterocycles. The highest BCUT2D eigenvalue weighted by Gasteiger charge is 2.16. The molecule has 0 bridgehead atoms. The molecule has 2 rings (SSSR count). The zero-order valence-corrected chi connectivity index (χ0v) is 13.3. The summed E-state index contributed by atoms with van der Waals surface area (Å²) in [6.45, 7) is 4.20. The molecule has 4 nitrogen and oxygen atoms in total. The lowest BCUT2D eigenvalue weighted by Crippen LogP contribution is -2.30. The summed E-state index contributed by atoms with van der Waals surface area (Å²) >= 11 is 6.01. The number of carbonyl (C=O) groups is 1. The summed E-state index contributed by atoms with van der Waals surface area (Å²) < 4.78 is 10.9. The minimum absolute atomic E-state index is 0.246. The van der Waals surface area contributed by atoms with Crippen LogP contribution in [0, 0.1) is 0 Å². The van der Waals surface area contributed by atoms with E-state index in [9.17, 15) is 4.79 Å². The van der Waals surface area contributed by atoms with E-state index in [1.807, 2.05) is 6.92 Å². The van der Waals surface area contributed by atoms with Crippen molar-refractivity contribution in [3.63, 3.8) is 0 Å². The van der Waals surface area contributed by atoms with E-state index < -0.39 is 6.10 Å². The van der Waals surface area contributed by atoms with Crippen molar-refractivity contribution in [3.05, 3.63) is 53.6 Å². The molecule has 0 aliphatic rings. The van der Waals surface area contributed by atoms with Gasteiger partial charge in [-0.25, -0.2) is 0 Å². The predicted octanol–water partition coefficient (Wildman–Crippen LogP) is 4.14. The molecule has 0 aromatic heterocycles. The Morgan fingerprint density at radius 2 is 1.86 bits per heavy atom. The lowest BCUT2D eigenvalue weighted by molar-refractivity contribution is -0.122. The van der Waals surface area contributed by atoms with E-state index in [0.717, 1.165) is 5.75 Å². The quantitative estimate of drug-likeness (QED) is 0.870. The molecule has 2 aromatic carbocycles. The molecule has 5 heteroatoms. The number of ether oxygens (including phenoxy) is 2. The fraction of sp³-hybridized carbons (Fsp3) is 0.235. The van der Waals surface area contributed by atoms with Gasteiger partial charge < -0.3 is 14.8 Å². The van der Waals surface area contributed by atoms with Crippen LogP contribution in [-0.2, 0) is 4.79 Å². The number of carbonyl (C=O) groups excluding carboxylic acids is 1. The average Bonchev–Trinajstić information content (AvgIpc) is 2.51. The Hall–Kier alpha value is -2.20. The van der Waals surface area contributed by atoms with Crippen LogP contribution in [0.1, 0.15) is 13.8 Å². The first-order chi connectivity index (χ1) is 10.6. The van der Waals surface area contributed by atoms with Crippen LogP contribution in [0.3, 0.4) is 0 Å². The maximum Gasteiger partial charge on any atom is 0.265 e. The van der Waals surface area contributed by atoms with Crippen LogP contribution in [-0.4, -0.2) is 18.6 Å². The Kier molecular flexibility index (Phi) is 5.67. The molecule has 0 aliphatic carbocycles. The third-order valence-electron chi connectivity index (χ3n) is 2.94. The Labute approximate surface area is 135 Å². The molecule has 0 radical (unpaired) electrons. The number of halogens is 1. The third-order valence-corrected chi connectivity index (χ3v) is 3.25. The van der Waals surface area contributed by atoms with Crippen molar-refractivity contribution >= 4 is 23.2 Å². The van der Waals surface area contributed by atoms with Gasteiger partial charge in [0.1, 0.15) is 11.5 Å². The molecular weight excluding hydrogens is 302 g/mol. The predicted molar refractivity (Wildman–Crippen MR) is 87.8 cm³/mol. The standard InChI is InChI=1S/C17H18ClNO3/c1-3-21-14-10-8-13(9-11-14)19-17(20)12(2)22-16-7-5-4-6-15(16)18/h4-12H,3H2,1-2H3,(H,19,20)/t12-/m0/s1. The first-order valence-electron chi connectivity index (χ1n) is 7.05. The van der Waals surface area contributed by atoms with E-state index >= 15 is 0 Å². The lowest BCUT2D eigenvalue weighted by Gasteiger charge is -2.15. The molecular formula is C17H18ClNO3. The molecule has 1 atom stereocenters. The van der Waals surface area contributed by atoms with Gasteiger partial charge in [0.05, 0.1) is 11.6 Å². The molecule has 1 amide bonds. The summed E-state index contributed by atoms with van der Waals surface area (Å²) in [5.41, 5.74) is 0.683. The highest BCUT2D eigenvalue weighted by molar-refractivity contribution is 6.32. The minimum atomic E-state index is -0.661. The number of hydrogen-bond acceptors (Lipinski definition) is 3. The molecule has 22 heavy (non-hydrogen) atoms. The topological polar surface area (TPSA) is 47.6 Å². The molecule has 116 valence electrons. The zero-order chi connectivity index (χ0) is 15.9. The second kappa shape index (κ2) is 7.71. The van der Waals surface area contributed by atoms with Gasteiger partial charge in [0.25, 0.3) is 5.91 Å². The van der Waals surface area contributed by atoms with Gasteiger partial charge in [-0.15, -0.1) is 0 Å². The van der Waals surface area contributed by atoms with Crippen LogP contribution in [0.25, 0.3) is 0 Å². The van der Waals surface area contributed by atoms with Crippen LogP contribution in [0.4, 0.5) is 5.69 Å². The molecule has 1 N–H and O–H groups in total. The summed E-state index contributed by atoms with van der Waals surface area (Å²) in [6.07, 6.45) is -0.661. The van der Waals surface area contributed by atoms with Gasteiger partial charge in [-0.3, -0.25) is 4.79 Å². The number of benzene rings is 2. The lowest BCUT2D eigenvalue weighted by atomic mass is 10.2. The smallest absolute Gasteiger partial charge is 0.265 e. The van der Waals surface area contributed by atoms with E-state index in [2.05, 4.69) is 5.32 Å². The van der Waals surface area contributed by atoms with E-state index in [1.54, 1.807) is 55.5 Å². The van der Waals surface area contributed by atoms with Gasteiger partial charge >= 0.3 is 0 Å². The molecule has 0 aliphatic heterocycles. The Bertz CT molecular complexity index is 628. The molecule has 0 saturated carbocycles. The molecule has 0 spiro atoms. The van der Waals surface area contributed by atoms with Crippen LogP contribution < -0.4 is 14.8 Å². The van der Waals surface area contributed by atoms with Crippen molar-refractivity contribution in [2.45, 2.75) is 20.0 Å². The number of hydrogen-bond donors (Lipinski definition) is 1. The maximum atomic E-state index is 12.1. The van der Waals surface area contributed by atoms with Gasteiger partial charge in [-0.05, 0) is 50.2 Å². The normalized spacial score (nSPS) is 11.6. The van der Waals surface area contributed by atoms with Crippen LogP contribution in [0.15, 0.2) is 48.5 Å². The summed E-state index contributed by atoms with van der Waals surface area (Å²) in [5, 5.41) is 3.26. The van der Waals surface area contributed by atoms with Crippen molar-refractivity contribution in [3.8, 4) is 11.5 Å². The first kappa shape index (κ1) is 16.2. The van der Waals surface area contributed by atoms with E-state index in [-0.39, 0.29) is 5.91 Å². The highest BCUT2D eigenvalue weighted by atomic mass is 35.5. The third kappa shape index (κ3) is 4.40. The van der Waals surface area contributed by atoms with Crippen molar-refractivity contribution in [2.24, 2.45) is 0 Å². The summed E-state index contributed by atoms with van der Waals surface area (Å²) in [4.78, 5) is 12.1. The van der Waals surface area contributed by atoms with Crippen molar-refractivity contribution in [1.29, 1.82) is 0 Å². The Morgan fingerprint density at radius 1 is 1.18 bits per heavy atom. The molecule has 2 aromatic rings. The molecule has 0 fully saturated rings. The van der Waals surface area contributed by atoms with Crippen molar-refractivity contribution in [1.82, 2.24) is 0 Å². The zero-order valence-electron chi connectivity index (χ0n) is 12.5. The van der Waals surface area contributed by atoms with Gasteiger partial charge in [-0.1, -0.05) is 23.7 Å². The Morgan fingerprint density at radius 3 is 2.50 bits per heavy atom. The van der Waals surface area contributed by atoms with Crippen LogP contribution in [0.5, 0.6) is 11.5 Å². The average molecular weight is 320 g/mol. The highest BCUT2D eigenvalue weighted by Crippen LogP contribution is 2.24. The monoisotopic (exact) mass is 319 g/mol. The largest absolute Gasteiger partial charge is 0.494 e. The molecule has 0 unspecified atom stereocenters. The maximum absolute atomic E-state index is 12.1. The Balaban J connectivity index is 1.95. The fourth-order valence-corrected chi connectivity index (χ4v) is 2.01. The fourth-order valence-electron chi connectivity index (χ4n) is 1.83. The number of nitrogens with one attached hydrogen (secondary N) is 1. The SMILES string of the molecule is CCOc1ccc(NC(=O)[C@H](C)Oc2ccccc2Cl)cc1. The summed E-state index contributed by atoms with van der Waals surface area (Å²) in [6, 6.07) is 14.2. The second-order valence-corrected chi connectivity index (χ2v) is 5.04. The van der Waals surface area contributed by atoms with Gasteiger partial charge in [0.2, 0.25) is 0 Å². The van der Waals surface area contributed by atoms with Crippen LogP contribution >= 0.6 is 11.6 Å². The number of para-hydroxylation sites is 1. The number of rotatable bonds is 6. The van der Waals surface area contributed by atoms with Crippen molar-refractivity contribution in [2.75, 3.05) is 11.9 Å². The van der Waals surface area contributed by atoms with E-state index in [4.69, 9.17) is 21.1 Å². The summed E-state index contributed by atoms with van der Waals surface area (Å²) in [5.74, 6) is 1.00. The van der Waals surface area contributed by atoms with Gasteiger partial charge in [0.15, 0.2) is 6.10 Å². The van der Waals surface area contributed by atoms with Crippen molar-refractivity contribution < 1.29 is 14.3 Å². The minimum Gasteiger partial charge on any atom is -0.494 e. The van der Waals surface area contributed by atoms with E-state index in [0.29, 0.717) is 23.1 Å². The van der Waals surface area contributed by atoms with E-state index in [1.165, 1.54) is 0 Å². The second-order valence-electron chi connectivity index (χ2n) is 4.64. The number of anilines is 1. The van der Waals surface area contributed by atoms with Crippen LogP contribution in [0.2, 0.25) is 5.02 Å². The van der Waals surface area contributed by atoms with Gasteiger partial charge in [0, 0.05) is 5.69 Å². The first-order valence-corrected chi connectivity index (χ1v) is 7.43. The molecule has 0 heterocycles.